The van der Waals surface area contributed by atoms with Crippen LogP contribution in [-0.4, -0.2) is 31.6 Å². The molecular weight excluding hydrogens is 298 g/mol. The molecule has 0 spiro atoms. The van der Waals surface area contributed by atoms with Crippen LogP contribution in [0.4, 0.5) is 0 Å². The first-order valence-electron chi connectivity index (χ1n) is 8.53. The summed E-state index contributed by atoms with van der Waals surface area (Å²) in [5.74, 6) is 0. The third kappa shape index (κ3) is 2.76. The average molecular weight is 321 g/mol. The maximum atomic E-state index is 4.64. The molecule has 2 N–H and O–H groups in total. The number of benzene rings is 1. The van der Waals surface area contributed by atoms with Gasteiger partial charge in [-0.1, -0.05) is 30.3 Å². The van der Waals surface area contributed by atoms with E-state index in [0.717, 1.165) is 31.6 Å². The summed E-state index contributed by atoms with van der Waals surface area (Å²) in [5, 5.41) is 7.46. The van der Waals surface area contributed by atoms with Crippen molar-refractivity contribution in [2.24, 2.45) is 0 Å². The highest BCUT2D eigenvalue weighted by Gasteiger charge is 2.30. The minimum atomic E-state index is 0.302. The van der Waals surface area contributed by atoms with Crippen molar-refractivity contribution in [1.82, 2.24) is 25.1 Å². The summed E-state index contributed by atoms with van der Waals surface area (Å²) < 4.78 is 0. The molecule has 0 amide bonds. The van der Waals surface area contributed by atoms with Gasteiger partial charge in [0.25, 0.3) is 0 Å². The number of hydrogen-bond acceptors (Lipinski definition) is 3. The van der Waals surface area contributed by atoms with Gasteiger partial charge in [0.05, 0.1) is 23.8 Å². The first-order chi connectivity index (χ1) is 11.7. The summed E-state index contributed by atoms with van der Waals surface area (Å²) >= 11 is 0. The minimum absolute atomic E-state index is 0.302. The van der Waals surface area contributed by atoms with Crippen LogP contribution in [-0.2, 0) is 19.4 Å². The Hall–Kier alpha value is -2.40. The number of aromatic amines is 2. The molecular formula is C19H23N5. The fraction of sp³-hybridized carbons (Fsp3) is 0.368. The van der Waals surface area contributed by atoms with E-state index in [2.05, 4.69) is 69.2 Å². The molecule has 1 aromatic carbocycles. The van der Waals surface area contributed by atoms with Crippen molar-refractivity contribution < 1.29 is 0 Å². The number of hydrogen-bond donors (Lipinski definition) is 2. The van der Waals surface area contributed by atoms with Gasteiger partial charge >= 0.3 is 0 Å². The van der Waals surface area contributed by atoms with Crippen LogP contribution >= 0.6 is 0 Å². The molecule has 0 fully saturated rings. The lowest BCUT2D eigenvalue weighted by Crippen LogP contribution is -2.36. The number of nitrogens with zero attached hydrogens (tertiary/aromatic N) is 3. The summed E-state index contributed by atoms with van der Waals surface area (Å²) in [6.45, 7) is 6.13. The van der Waals surface area contributed by atoms with Gasteiger partial charge in [0.15, 0.2) is 0 Å². The molecule has 0 bridgehead atoms. The summed E-state index contributed by atoms with van der Waals surface area (Å²) in [6.07, 6.45) is 3.84. The van der Waals surface area contributed by atoms with Crippen molar-refractivity contribution >= 4 is 0 Å². The third-order valence-corrected chi connectivity index (χ3v) is 5.07. The zero-order valence-electron chi connectivity index (χ0n) is 14.2. The van der Waals surface area contributed by atoms with Gasteiger partial charge in [0, 0.05) is 36.5 Å². The molecule has 5 nitrogen and oxygen atoms in total. The van der Waals surface area contributed by atoms with Crippen molar-refractivity contribution in [2.75, 3.05) is 6.54 Å². The smallest absolute Gasteiger partial charge is 0.0925 e. The van der Waals surface area contributed by atoms with Crippen LogP contribution in [0.1, 0.15) is 39.9 Å². The van der Waals surface area contributed by atoms with E-state index < -0.39 is 0 Å². The third-order valence-electron chi connectivity index (χ3n) is 5.07. The predicted octanol–water partition coefficient (Wildman–Crippen LogP) is 3.09. The van der Waals surface area contributed by atoms with Crippen LogP contribution in [0.2, 0.25) is 0 Å². The molecule has 0 unspecified atom stereocenters. The summed E-state index contributed by atoms with van der Waals surface area (Å²) in [6, 6.07) is 11.0. The Balaban J connectivity index is 1.65. The van der Waals surface area contributed by atoms with Crippen molar-refractivity contribution in [1.29, 1.82) is 0 Å². The molecule has 0 saturated carbocycles. The molecule has 3 aromatic rings. The Morgan fingerprint density at radius 1 is 1.21 bits per heavy atom. The molecule has 0 saturated heterocycles. The van der Waals surface area contributed by atoms with Crippen LogP contribution < -0.4 is 0 Å². The van der Waals surface area contributed by atoms with Crippen LogP contribution in [0.3, 0.4) is 0 Å². The van der Waals surface area contributed by atoms with Gasteiger partial charge in [-0.2, -0.15) is 5.10 Å². The van der Waals surface area contributed by atoms with Gasteiger partial charge in [-0.15, -0.1) is 0 Å². The highest BCUT2D eigenvalue weighted by Crippen LogP contribution is 2.32. The van der Waals surface area contributed by atoms with E-state index >= 15 is 0 Å². The lowest BCUT2D eigenvalue weighted by atomic mass is 9.95. The highest BCUT2D eigenvalue weighted by atomic mass is 15.2. The SMILES string of the molecule is Cc1n[nH]c(C)c1CN1CCc2[nH]cnc2[C@@H]1Cc1ccccc1. The number of fused-ring (bicyclic) bond motifs is 1. The molecule has 1 aliphatic heterocycles. The van der Waals surface area contributed by atoms with Crippen molar-refractivity contribution in [3.05, 3.63) is 70.6 Å². The summed E-state index contributed by atoms with van der Waals surface area (Å²) in [5.41, 5.74) is 7.41. The first-order valence-corrected chi connectivity index (χ1v) is 8.53. The largest absolute Gasteiger partial charge is 0.348 e. The maximum Gasteiger partial charge on any atom is 0.0925 e. The normalized spacial score (nSPS) is 17.8. The lowest BCUT2D eigenvalue weighted by Gasteiger charge is -2.35. The van der Waals surface area contributed by atoms with E-state index in [1.54, 1.807) is 0 Å². The standard InChI is InChI=1S/C19H23N5/c1-13-16(14(2)23-22-13)11-24-9-8-17-19(21-12-20-17)18(24)10-15-6-4-3-5-7-15/h3-7,12,18H,8-11H2,1-2H3,(H,20,21)(H,22,23)/t18-/m0/s1. The van der Waals surface area contributed by atoms with Crippen molar-refractivity contribution in [3.63, 3.8) is 0 Å². The van der Waals surface area contributed by atoms with E-state index in [0.29, 0.717) is 6.04 Å². The van der Waals surface area contributed by atoms with E-state index in [1.165, 1.54) is 28.2 Å². The van der Waals surface area contributed by atoms with Crippen LogP contribution in [0.15, 0.2) is 36.7 Å². The molecule has 124 valence electrons. The fourth-order valence-electron chi connectivity index (χ4n) is 3.67. The van der Waals surface area contributed by atoms with E-state index in [9.17, 15) is 0 Å². The molecule has 4 rings (SSSR count). The predicted molar refractivity (Wildman–Crippen MR) is 93.7 cm³/mol. The quantitative estimate of drug-likeness (QED) is 0.776. The molecule has 5 heteroatoms. The van der Waals surface area contributed by atoms with Crippen molar-refractivity contribution in [2.45, 2.75) is 39.3 Å². The molecule has 1 aliphatic rings. The maximum absolute atomic E-state index is 4.64. The lowest BCUT2D eigenvalue weighted by molar-refractivity contribution is 0.170. The number of H-pyrrole nitrogens is 2. The van der Waals surface area contributed by atoms with E-state index in [4.69, 9.17) is 0 Å². The highest BCUT2D eigenvalue weighted by molar-refractivity contribution is 5.27. The monoisotopic (exact) mass is 321 g/mol. The van der Waals surface area contributed by atoms with Gasteiger partial charge in [-0.05, 0) is 25.8 Å². The van der Waals surface area contributed by atoms with Gasteiger partial charge in [-0.3, -0.25) is 10.00 Å². The van der Waals surface area contributed by atoms with Gasteiger partial charge in [0.2, 0.25) is 0 Å². The molecule has 24 heavy (non-hydrogen) atoms. The molecule has 1 atom stereocenters. The summed E-state index contributed by atoms with van der Waals surface area (Å²) in [7, 11) is 0. The van der Waals surface area contributed by atoms with Gasteiger partial charge in [0.1, 0.15) is 0 Å². The Morgan fingerprint density at radius 3 is 2.79 bits per heavy atom. The number of imidazole rings is 1. The Kier molecular flexibility index (Phi) is 3.94. The van der Waals surface area contributed by atoms with E-state index in [1.807, 2.05) is 6.33 Å². The van der Waals surface area contributed by atoms with Crippen molar-refractivity contribution in [3.8, 4) is 0 Å². The first kappa shape index (κ1) is 15.1. The van der Waals surface area contributed by atoms with Crippen LogP contribution in [0.5, 0.6) is 0 Å². The average Bonchev–Trinajstić information content (AvgIpc) is 3.19. The summed E-state index contributed by atoms with van der Waals surface area (Å²) in [4.78, 5) is 10.5. The van der Waals surface area contributed by atoms with E-state index in [-0.39, 0.29) is 0 Å². The molecule has 0 radical (unpaired) electrons. The zero-order chi connectivity index (χ0) is 16.5. The Morgan fingerprint density at radius 2 is 2.04 bits per heavy atom. The van der Waals surface area contributed by atoms with Gasteiger partial charge < -0.3 is 4.98 Å². The number of nitrogens with one attached hydrogen (secondary N) is 2. The Labute approximate surface area is 142 Å². The second-order valence-electron chi connectivity index (χ2n) is 6.60. The molecule has 2 aromatic heterocycles. The molecule has 3 heterocycles. The zero-order valence-corrected chi connectivity index (χ0v) is 14.2. The topological polar surface area (TPSA) is 60.6 Å². The number of aryl methyl sites for hydroxylation is 2. The second-order valence-corrected chi connectivity index (χ2v) is 6.60. The minimum Gasteiger partial charge on any atom is -0.348 e. The number of rotatable bonds is 4. The van der Waals surface area contributed by atoms with Crippen LogP contribution in [0.25, 0.3) is 0 Å². The van der Waals surface area contributed by atoms with Gasteiger partial charge in [-0.25, -0.2) is 4.98 Å². The second kappa shape index (κ2) is 6.24. The molecule has 0 aliphatic carbocycles. The van der Waals surface area contributed by atoms with Crippen LogP contribution in [0, 0.1) is 13.8 Å². The fourth-order valence-corrected chi connectivity index (χ4v) is 3.67. The number of aromatic nitrogens is 4. The Bertz CT molecular complexity index is 798.